The number of carbonyl (C=O) groups is 1. The highest BCUT2D eigenvalue weighted by Gasteiger charge is 2.26. The number of hydrogen-bond acceptors (Lipinski definition) is 4. The fourth-order valence-corrected chi connectivity index (χ4v) is 4.96. The van der Waals surface area contributed by atoms with Crippen molar-refractivity contribution in [3.05, 3.63) is 82.8 Å². The number of pyridine rings is 1. The maximum atomic E-state index is 11.7. The Morgan fingerprint density at radius 2 is 1.91 bits per heavy atom. The van der Waals surface area contributed by atoms with E-state index in [0.717, 1.165) is 50.7 Å². The number of benzene rings is 2. The van der Waals surface area contributed by atoms with Crippen LogP contribution in [-0.2, 0) is 13.5 Å². The summed E-state index contributed by atoms with van der Waals surface area (Å²) in [6.45, 7) is 0. The molecule has 4 aromatic rings. The van der Waals surface area contributed by atoms with Gasteiger partial charge >= 0.3 is 5.97 Å². The van der Waals surface area contributed by atoms with E-state index in [1.165, 1.54) is 18.4 Å². The number of allylic oxidation sites excluding steroid dienone is 1. The molecule has 0 radical (unpaired) electrons. The molecule has 2 heterocycles. The predicted molar refractivity (Wildman–Crippen MR) is 130 cm³/mol. The van der Waals surface area contributed by atoms with Gasteiger partial charge in [0, 0.05) is 37.8 Å². The van der Waals surface area contributed by atoms with Crippen molar-refractivity contribution in [1.82, 2.24) is 14.8 Å². The first-order valence-electron chi connectivity index (χ1n) is 11.2. The number of carboxylic acids is 1. The molecule has 0 bridgehead atoms. The van der Waals surface area contributed by atoms with Gasteiger partial charge in [0.1, 0.15) is 5.52 Å². The Hall–Kier alpha value is -3.93. The van der Waals surface area contributed by atoms with Crippen LogP contribution in [0.15, 0.2) is 54.7 Å². The number of aryl methyl sites for hydroxylation is 1. The molecule has 0 aliphatic heterocycles. The topological polar surface area (TPSA) is 71.2 Å². The lowest BCUT2D eigenvalue weighted by atomic mass is 10.0. The largest absolute Gasteiger partial charge is 0.478 e. The lowest BCUT2D eigenvalue weighted by Crippen LogP contribution is -2.10. The van der Waals surface area contributed by atoms with E-state index in [4.69, 9.17) is 5.10 Å². The monoisotopic (exact) mass is 436 g/mol. The van der Waals surface area contributed by atoms with Gasteiger partial charge in [-0.2, -0.15) is 5.10 Å². The Kier molecular flexibility index (Phi) is 4.37. The summed E-state index contributed by atoms with van der Waals surface area (Å²) in [5, 5.41) is 15.5. The molecule has 2 aliphatic rings. The third-order valence-electron chi connectivity index (χ3n) is 6.84. The first-order chi connectivity index (χ1) is 16.0. The van der Waals surface area contributed by atoms with Gasteiger partial charge in [-0.15, -0.1) is 0 Å². The van der Waals surface area contributed by atoms with Gasteiger partial charge in [0.05, 0.1) is 22.6 Å². The molecule has 6 heteroatoms. The summed E-state index contributed by atoms with van der Waals surface area (Å²) in [7, 11) is 4.02. The number of carboxylic acid groups (broad SMARTS) is 1. The molecule has 0 saturated heterocycles. The van der Waals surface area contributed by atoms with Crippen molar-refractivity contribution in [2.75, 3.05) is 11.9 Å². The van der Waals surface area contributed by atoms with Gasteiger partial charge in [-0.05, 0) is 65.8 Å². The maximum absolute atomic E-state index is 11.7. The molecule has 6 nitrogen and oxygen atoms in total. The van der Waals surface area contributed by atoms with Crippen molar-refractivity contribution in [3.8, 4) is 0 Å². The van der Waals surface area contributed by atoms with Crippen LogP contribution in [0.5, 0.6) is 0 Å². The summed E-state index contributed by atoms with van der Waals surface area (Å²) >= 11 is 0. The molecular weight excluding hydrogens is 412 g/mol. The van der Waals surface area contributed by atoms with E-state index in [1.54, 1.807) is 12.3 Å². The van der Waals surface area contributed by atoms with Gasteiger partial charge < -0.3 is 10.0 Å². The first-order valence-corrected chi connectivity index (χ1v) is 11.2. The minimum absolute atomic E-state index is 0.313. The van der Waals surface area contributed by atoms with Gasteiger partial charge in [0.25, 0.3) is 0 Å². The Balaban J connectivity index is 1.40. The van der Waals surface area contributed by atoms with Gasteiger partial charge in [0.2, 0.25) is 0 Å². The third-order valence-corrected chi connectivity index (χ3v) is 6.84. The molecule has 1 fully saturated rings. The molecule has 33 heavy (non-hydrogen) atoms. The predicted octanol–water partition coefficient (Wildman–Crippen LogP) is 5.41. The van der Waals surface area contributed by atoms with E-state index in [2.05, 4.69) is 59.4 Å². The number of aromatic nitrogens is 3. The Bertz CT molecular complexity index is 1450. The van der Waals surface area contributed by atoms with Crippen LogP contribution in [0.1, 0.15) is 51.6 Å². The summed E-state index contributed by atoms with van der Waals surface area (Å²) in [5.41, 5.74) is 8.34. The van der Waals surface area contributed by atoms with Crippen LogP contribution in [0.25, 0.3) is 22.6 Å². The lowest BCUT2D eigenvalue weighted by molar-refractivity contribution is 0.0695. The molecule has 2 aromatic heterocycles. The molecule has 1 saturated carbocycles. The van der Waals surface area contributed by atoms with E-state index in [-0.39, 0.29) is 0 Å². The van der Waals surface area contributed by atoms with Crippen molar-refractivity contribution in [2.24, 2.45) is 7.05 Å². The number of anilines is 2. The Morgan fingerprint density at radius 3 is 2.64 bits per heavy atom. The number of rotatable bonds is 5. The summed E-state index contributed by atoms with van der Waals surface area (Å²) in [4.78, 5) is 18.3. The standard InChI is InChI=1S/C27H24N4O2/c1-30(19-10-8-17(9-11-19)16-6-7-16)24-5-3-4-21-25(24)29-31(2)26(21)18-14-22-20(27(32)33)12-13-28-23(22)15-18/h3-5,8-13,15-16H,6-7,14H2,1-2H3,(H,32,33). The molecule has 2 aromatic carbocycles. The fourth-order valence-electron chi connectivity index (χ4n) is 4.96. The van der Waals surface area contributed by atoms with E-state index in [0.29, 0.717) is 12.0 Å². The lowest BCUT2D eigenvalue weighted by Gasteiger charge is -2.20. The number of hydrogen-bond donors (Lipinski definition) is 1. The Morgan fingerprint density at radius 1 is 1.12 bits per heavy atom. The van der Waals surface area contributed by atoms with Crippen molar-refractivity contribution in [3.63, 3.8) is 0 Å². The zero-order chi connectivity index (χ0) is 22.7. The average molecular weight is 437 g/mol. The zero-order valence-corrected chi connectivity index (χ0v) is 18.6. The molecule has 0 amide bonds. The smallest absolute Gasteiger partial charge is 0.336 e. The molecule has 0 spiro atoms. The normalized spacial score (nSPS) is 14.9. The highest BCUT2D eigenvalue weighted by molar-refractivity contribution is 6.04. The van der Waals surface area contributed by atoms with Crippen LogP contribution in [0.2, 0.25) is 0 Å². The highest BCUT2D eigenvalue weighted by atomic mass is 16.4. The van der Waals surface area contributed by atoms with Crippen LogP contribution < -0.4 is 4.90 Å². The first kappa shape index (κ1) is 19.7. The second-order valence-electron chi connectivity index (χ2n) is 8.94. The van der Waals surface area contributed by atoms with Gasteiger partial charge in [0.15, 0.2) is 0 Å². The maximum Gasteiger partial charge on any atom is 0.336 e. The molecular formula is C27H24N4O2. The van der Waals surface area contributed by atoms with Gasteiger partial charge in [-0.3, -0.25) is 9.67 Å². The molecule has 0 atom stereocenters. The van der Waals surface area contributed by atoms with Crippen LogP contribution >= 0.6 is 0 Å². The van der Waals surface area contributed by atoms with E-state index >= 15 is 0 Å². The van der Waals surface area contributed by atoms with Crippen LogP contribution in [0, 0.1) is 0 Å². The van der Waals surface area contributed by atoms with Crippen molar-refractivity contribution >= 4 is 39.9 Å². The molecule has 0 unspecified atom stereocenters. The Labute approximate surface area is 191 Å². The van der Waals surface area contributed by atoms with Gasteiger partial charge in [-0.1, -0.05) is 24.3 Å². The second kappa shape index (κ2) is 7.30. The second-order valence-corrected chi connectivity index (χ2v) is 8.94. The molecule has 164 valence electrons. The number of aromatic carboxylic acids is 1. The van der Waals surface area contributed by atoms with Crippen LogP contribution in [0.3, 0.4) is 0 Å². The van der Waals surface area contributed by atoms with Crippen LogP contribution in [-0.4, -0.2) is 32.9 Å². The molecule has 1 N–H and O–H groups in total. The van der Waals surface area contributed by atoms with E-state index < -0.39 is 5.97 Å². The number of fused-ring (bicyclic) bond motifs is 2. The van der Waals surface area contributed by atoms with Crippen molar-refractivity contribution in [1.29, 1.82) is 0 Å². The quantitative estimate of drug-likeness (QED) is 0.453. The average Bonchev–Trinajstić information content (AvgIpc) is 3.49. The van der Waals surface area contributed by atoms with E-state index in [1.807, 2.05) is 17.8 Å². The zero-order valence-electron chi connectivity index (χ0n) is 18.6. The molecule has 2 aliphatic carbocycles. The minimum Gasteiger partial charge on any atom is -0.478 e. The van der Waals surface area contributed by atoms with Crippen LogP contribution in [0.4, 0.5) is 11.4 Å². The summed E-state index contributed by atoms with van der Waals surface area (Å²) in [5.74, 6) is -0.180. The fraction of sp³-hybridized carbons (Fsp3) is 0.222. The summed E-state index contributed by atoms with van der Waals surface area (Å²) in [6.07, 6.45) is 6.68. The number of nitrogens with zero attached hydrogens (tertiary/aromatic N) is 4. The van der Waals surface area contributed by atoms with Crippen molar-refractivity contribution < 1.29 is 9.90 Å². The van der Waals surface area contributed by atoms with Crippen molar-refractivity contribution in [2.45, 2.75) is 25.2 Å². The summed E-state index contributed by atoms with van der Waals surface area (Å²) in [6, 6.07) is 16.7. The molecule has 6 rings (SSSR count). The highest BCUT2D eigenvalue weighted by Crippen LogP contribution is 2.42. The minimum atomic E-state index is -0.922. The van der Waals surface area contributed by atoms with E-state index in [9.17, 15) is 9.90 Å². The van der Waals surface area contributed by atoms with Gasteiger partial charge in [-0.25, -0.2) is 4.79 Å². The third kappa shape index (κ3) is 3.21. The summed E-state index contributed by atoms with van der Waals surface area (Å²) < 4.78 is 1.90. The SMILES string of the molecule is CN(c1ccc(C2CC2)cc1)c1cccc2c(C3=Cc4nccc(C(=O)O)c4C3)n(C)nc12.